The van der Waals surface area contributed by atoms with Gasteiger partial charge in [0, 0.05) is 18.7 Å². The predicted molar refractivity (Wildman–Crippen MR) is 88.8 cm³/mol. The first-order valence-electron chi connectivity index (χ1n) is 9.16. The fourth-order valence-electron chi connectivity index (χ4n) is 4.50. The van der Waals surface area contributed by atoms with Crippen LogP contribution in [0.25, 0.3) is 0 Å². The molecule has 0 radical (unpaired) electrons. The smallest absolute Gasteiger partial charge is 0.335 e. The molecule has 1 amide bonds. The highest BCUT2D eigenvalue weighted by atomic mass is 16.6. The summed E-state index contributed by atoms with van der Waals surface area (Å²) >= 11 is 0. The van der Waals surface area contributed by atoms with Gasteiger partial charge in [-0.3, -0.25) is 4.79 Å². The van der Waals surface area contributed by atoms with Crippen LogP contribution in [-0.2, 0) is 14.3 Å². The van der Waals surface area contributed by atoms with Gasteiger partial charge in [-0.25, -0.2) is 4.79 Å². The van der Waals surface area contributed by atoms with Crippen LogP contribution in [0.1, 0.15) is 71.6 Å². The van der Waals surface area contributed by atoms with Crippen LogP contribution in [0.15, 0.2) is 11.1 Å². The molecule has 0 unspecified atom stereocenters. The average molecular weight is 319 g/mol. The minimum Gasteiger partial charge on any atom is -0.451 e. The van der Waals surface area contributed by atoms with Crippen LogP contribution in [0, 0.1) is 5.92 Å². The number of carbonyl (C=O) groups excluding carboxylic acids is 2. The number of ether oxygens (including phenoxy) is 1. The van der Waals surface area contributed by atoms with Gasteiger partial charge < -0.3 is 9.64 Å². The summed E-state index contributed by atoms with van der Waals surface area (Å²) < 4.78 is 5.76. The molecule has 1 heterocycles. The Morgan fingerprint density at radius 3 is 2.35 bits per heavy atom. The van der Waals surface area contributed by atoms with Crippen molar-refractivity contribution in [1.82, 2.24) is 4.90 Å². The molecule has 0 aromatic heterocycles. The molecule has 0 aromatic carbocycles. The fraction of sp³-hybridized carbons (Fsp3) is 0.789. The summed E-state index contributed by atoms with van der Waals surface area (Å²) in [4.78, 5) is 27.3. The Bertz CT molecular complexity index is 523. The molecule has 128 valence electrons. The number of carbonyl (C=O) groups is 2. The van der Waals surface area contributed by atoms with Gasteiger partial charge in [0.2, 0.25) is 0 Å². The molecule has 2 saturated carbocycles. The summed E-state index contributed by atoms with van der Waals surface area (Å²) in [5, 5.41) is 0. The maximum atomic E-state index is 13.2. The first-order chi connectivity index (χ1) is 10.9. The van der Waals surface area contributed by atoms with Crippen molar-refractivity contribution in [3.63, 3.8) is 0 Å². The van der Waals surface area contributed by atoms with Gasteiger partial charge in [-0.05, 0) is 51.4 Å². The van der Waals surface area contributed by atoms with Crippen LogP contribution >= 0.6 is 0 Å². The summed E-state index contributed by atoms with van der Waals surface area (Å²) in [6.07, 6.45) is 9.42. The molecule has 1 aliphatic heterocycles. The maximum Gasteiger partial charge on any atom is 0.335 e. The molecule has 0 N–H and O–H groups in total. The number of nitrogens with zero attached hydrogens (tertiary/aromatic N) is 1. The summed E-state index contributed by atoms with van der Waals surface area (Å²) in [6, 6.07) is 0.312. The molecule has 2 aliphatic carbocycles. The second-order valence-corrected chi connectivity index (χ2v) is 7.77. The van der Waals surface area contributed by atoms with Gasteiger partial charge in [0.25, 0.3) is 5.91 Å². The van der Waals surface area contributed by atoms with Gasteiger partial charge in [-0.2, -0.15) is 0 Å². The molecule has 3 aliphatic rings. The Balaban J connectivity index is 1.85. The zero-order chi connectivity index (χ0) is 16.6. The van der Waals surface area contributed by atoms with Crippen molar-refractivity contribution in [2.75, 3.05) is 7.05 Å². The van der Waals surface area contributed by atoms with E-state index >= 15 is 0 Å². The zero-order valence-electron chi connectivity index (χ0n) is 14.7. The highest BCUT2D eigenvalue weighted by Crippen LogP contribution is 2.46. The van der Waals surface area contributed by atoms with Crippen LogP contribution in [0.2, 0.25) is 0 Å². The van der Waals surface area contributed by atoms with Gasteiger partial charge in [-0.1, -0.05) is 26.2 Å². The van der Waals surface area contributed by atoms with E-state index in [0.29, 0.717) is 23.1 Å². The van der Waals surface area contributed by atoms with Crippen LogP contribution in [0.3, 0.4) is 0 Å². The quantitative estimate of drug-likeness (QED) is 0.731. The summed E-state index contributed by atoms with van der Waals surface area (Å²) in [5.74, 6) is 0.377. The lowest BCUT2D eigenvalue weighted by Gasteiger charge is -2.39. The minimum atomic E-state index is -0.645. The summed E-state index contributed by atoms with van der Waals surface area (Å²) in [6.45, 7) is 3.99. The Morgan fingerprint density at radius 2 is 1.74 bits per heavy atom. The van der Waals surface area contributed by atoms with Crippen molar-refractivity contribution in [3.05, 3.63) is 11.1 Å². The molecule has 2 fully saturated rings. The minimum absolute atomic E-state index is 0.0230. The Labute approximate surface area is 139 Å². The zero-order valence-corrected chi connectivity index (χ0v) is 14.7. The molecular formula is C19H29NO3. The van der Waals surface area contributed by atoms with Crippen molar-refractivity contribution < 1.29 is 14.3 Å². The van der Waals surface area contributed by atoms with Crippen LogP contribution in [0.4, 0.5) is 0 Å². The SMILES string of the molecule is CC1=C(C(=O)N(C)C2CCCCC2)C2(CCC(C)CC2)OC1=O. The van der Waals surface area contributed by atoms with Crippen molar-refractivity contribution in [3.8, 4) is 0 Å². The van der Waals surface area contributed by atoms with Crippen LogP contribution in [-0.4, -0.2) is 35.5 Å². The molecule has 23 heavy (non-hydrogen) atoms. The van der Waals surface area contributed by atoms with Crippen molar-refractivity contribution >= 4 is 11.9 Å². The molecule has 0 aromatic rings. The van der Waals surface area contributed by atoms with Gasteiger partial charge in [0.1, 0.15) is 5.60 Å². The summed E-state index contributed by atoms with van der Waals surface area (Å²) in [7, 11) is 1.90. The fourth-order valence-corrected chi connectivity index (χ4v) is 4.50. The van der Waals surface area contributed by atoms with E-state index in [0.717, 1.165) is 38.5 Å². The largest absolute Gasteiger partial charge is 0.451 e. The second kappa shape index (κ2) is 6.29. The first kappa shape index (κ1) is 16.5. The van der Waals surface area contributed by atoms with Gasteiger partial charge in [0.05, 0.1) is 5.57 Å². The van der Waals surface area contributed by atoms with E-state index in [1.807, 2.05) is 11.9 Å². The Hall–Kier alpha value is -1.32. The van der Waals surface area contributed by atoms with Gasteiger partial charge in [0.15, 0.2) is 0 Å². The highest BCUT2D eigenvalue weighted by molar-refractivity contribution is 6.07. The molecule has 0 atom stereocenters. The predicted octanol–water partition coefficient (Wildman–Crippen LogP) is 3.60. The molecule has 0 saturated heterocycles. The number of esters is 1. The number of likely N-dealkylation sites (N-methyl/N-ethyl adjacent to an activating group) is 1. The number of hydrogen-bond acceptors (Lipinski definition) is 3. The Morgan fingerprint density at radius 1 is 1.13 bits per heavy atom. The second-order valence-electron chi connectivity index (χ2n) is 7.77. The normalized spacial score (nSPS) is 32.3. The molecular weight excluding hydrogens is 290 g/mol. The molecule has 0 bridgehead atoms. The number of rotatable bonds is 2. The van der Waals surface area contributed by atoms with Crippen LogP contribution < -0.4 is 0 Å². The first-order valence-corrected chi connectivity index (χ1v) is 9.16. The lowest BCUT2D eigenvalue weighted by molar-refractivity contribution is -0.151. The van der Waals surface area contributed by atoms with Crippen LogP contribution in [0.5, 0.6) is 0 Å². The van der Waals surface area contributed by atoms with Crippen molar-refractivity contribution in [2.24, 2.45) is 5.92 Å². The third kappa shape index (κ3) is 2.92. The van der Waals surface area contributed by atoms with E-state index in [4.69, 9.17) is 4.74 Å². The van der Waals surface area contributed by atoms with E-state index in [2.05, 4.69) is 6.92 Å². The lowest BCUT2D eigenvalue weighted by Crippen LogP contribution is -2.46. The van der Waals surface area contributed by atoms with Gasteiger partial charge >= 0.3 is 5.97 Å². The topological polar surface area (TPSA) is 46.6 Å². The molecule has 1 spiro atoms. The molecule has 3 rings (SSSR count). The van der Waals surface area contributed by atoms with E-state index < -0.39 is 5.60 Å². The maximum absolute atomic E-state index is 13.2. The molecule has 4 nitrogen and oxygen atoms in total. The summed E-state index contributed by atoms with van der Waals surface area (Å²) in [5.41, 5.74) is 0.544. The third-order valence-corrected chi connectivity index (χ3v) is 6.16. The van der Waals surface area contributed by atoms with E-state index in [1.165, 1.54) is 19.3 Å². The average Bonchev–Trinajstić information content (AvgIpc) is 2.81. The standard InChI is InChI=1S/C19H29NO3/c1-13-9-11-19(12-10-13)16(14(2)18(22)23-19)17(21)20(3)15-7-5-4-6-8-15/h13,15H,4-12H2,1-3H3. The Kier molecular flexibility index (Phi) is 4.52. The van der Waals surface area contributed by atoms with E-state index in [9.17, 15) is 9.59 Å². The van der Waals surface area contributed by atoms with Crippen molar-refractivity contribution in [1.29, 1.82) is 0 Å². The van der Waals surface area contributed by atoms with Crippen molar-refractivity contribution in [2.45, 2.75) is 83.3 Å². The lowest BCUT2D eigenvalue weighted by atomic mass is 9.74. The monoisotopic (exact) mass is 319 g/mol. The molecule has 4 heteroatoms. The van der Waals surface area contributed by atoms with E-state index in [1.54, 1.807) is 6.92 Å². The number of hydrogen-bond donors (Lipinski definition) is 0. The highest BCUT2D eigenvalue weighted by Gasteiger charge is 2.51. The number of amides is 1. The van der Waals surface area contributed by atoms with Gasteiger partial charge in [-0.15, -0.1) is 0 Å². The van der Waals surface area contributed by atoms with E-state index in [-0.39, 0.29) is 11.9 Å². The third-order valence-electron chi connectivity index (χ3n) is 6.16.